The SMILES string of the molecule is CC(C)COc1cc(C=O)ccc1OCc1ccc(C(F)(F)F)cc1C(F)(F)F. The lowest BCUT2D eigenvalue weighted by Gasteiger charge is -2.18. The fourth-order valence-electron chi connectivity index (χ4n) is 2.38. The Morgan fingerprint density at radius 3 is 2.14 bits per heavy atom. The van der Waals surface area contributed by atoms with E-state index in [4.69, 9.17) is 9.47 Å². The third-order valence-corrected chi connectivity index (χ3v) is 3.80. The van der Waals surface area contributed by atoms with Crippen LogP contribution in [0.4, 0.5) is 26.3 Å². The Balaban J connectivity index is 2.32. The standard InChI is InChI=1S/C20H18F6O3/c1-12(2)10-28-18-7-13(9-27)3-6-17(18)29-11-14-4-5-15(19(21,22)23)8-16(14)20(24,25)26/h3-9,12H,10-11H2,1-2H3. The van der Waals surface area contributed by atoms with Crippen molar-refractivity contribution in [1.29, 1.82) is 0 Å². The number of halogens is 6. The van der Waals surface area contributed by atoms with E-state index < -0.39 is 35.6 Å². The highest BCUT2D eigenvalue weighted by atomic mass is 19.4. The first kappa shape index (κ1) is 22.6. The Morgan fingerprint density at radius 1 is 0.897 bits per heavy atom. The number of carbonyl (C=O) groups excluding carboxylic acids is 1. The van der Waals surface area contributed by atoms with Gasteiger partial charge in [-0.1, -0.05) is 19.9 Å². The molecule has 0 saturated carbocycles. The minimum absolute atomic E-state index is 0.0599. The van der Waals surface area contributed by atoms with Crippen LogP contribution < -0.4 is 9.47 Å². The minimum Gasteiger partial charge on any atom is -0.489 e. The quantitative estimate of drug-likeness (QED) is 0.398. The average Bonchev–Trinajstić information content (AvgIpc) is 2.63. The maximum absolute atomic E-state index is 13.2. The molecule has 2 aromatic carbocycles. The van der Waals surface area contributed by atoms with Crippen LogP contribution in [0, 0.1) is 5.92 Å². The molecule has 2 aromatic rings. The van der Waals surface area contributed by atoms with Crippen molar-refractivity contribution in [2.24, 2.45) is 5.92 Å². The van der Waals surface area contributed by atoms with Crippen molar-refractivity contribution < 1.29 is 40.6 Å². The van der Waals surface area contributed by atoms with Gasteiger partial charge in [0.05, 0.1) is 17.7 Å². The zero-order valence-corrected chi connectivity index (χ0v) is 15.5. The molecule has 0 fully saturated rings. The number of rotatable bonds is 7. The zero-order chi connectivity index (χ0) is 21.8. The lowest BCUT2D eigenvalue weighted by atomic mass is 10.0. The molecule has 158 valence electrons. The molecular weight excluding hydrogens is 402 g/mol. The Bertz CT molecular complexity index is 856. The molecule has 9 heteroatoms. The van der Waals surface area contributed by atoms with Crippen molar-refractivity contribution in [3.05, 3.63) is 58.7 Å². The third-order valence-electron chi connectivity index (χ3n) is 3.80. The van der Waals surface area contributed by atoms with Crippen molar-refractivity contribution in [1.82, 2.24) is 0 Å². The number of carbonyl (C=O) groups is 1. The lowest BCUT2D eigenvalue weighted by Crippen LogP contribution is -2.15. The van der Waals surface area contributed by atoms with Crippen LogP contribution in [0.2, 0.25) is 0 Å². The molecule has 0 amide bonds. The molecule has 0 unspecified atom stereocenters. The van der Waals surface area contributed by atoms with E-state index in [2.05, 4.69) is 0 Å². The van der Waals surface area contributed by atoms with Crippen molar-refractivity contribution in [2.75, 3.05) is 6.61 Å². The Morgan fingerprint density at radius 2 is 1.59 bits per heavy atom. The van der Waals surface area contributed by atoms with Gasteiger partial charge in [0.1, 0.15) is 12.9 Å². The highest BCUT2D eigenvalue weighted by Crippen LogP contribution is 2.38. The number of aldehydes is 1. The molecular formula is C20H18F6O3. The van der Waals surface area contributed by atoms with Gasteiger partial charge in [0.15, 0.2) is 11.5 Å². The number of benzene rings is 2. The normalized spacial score (nSPS) is 12.2. The summed E-state index contributed by atoms with van der Waals surface area (Å²) in [4.78, 5) is 10.9. The largest absolute Gasteiger partial charge is 0.489 e. The van der Waals surface area contributed by atoms with Crippen LogP contribution in [0.5, 0.6) is 11.5 Å². The van der Waals surface area contributed by atoms with Crippen LogP contribution in [-0.2, 0) is 19.0 Å². The van der Waals surface area contributed by atoms with Gasteiger partial charge in [0, 0.05) is 11.1 Å². The van der Waals surface area contributed by atoms with Gasteiger partial charge in [-0.25, -0.2) is 0 Å². The second-order valence-electron chi connectivity index (χ2n) is 6.68. The first-order valence-corrected chi connectivity index (χ1v) is 8.54. The fraction of sp³-hybridized carbons (Fsp3) is 0.350. The average molecular weight is 420 g/mol. The summed E-state index contributed by atoms with van der Waals surface area (Å²) >= 11 is 0. The molecule has 0 spiro atoms. The van der Waals surface area contributed by atoms with Gasteiger partial charge >= 0.3 is 12.4 Å². The fourth-order valence-corrected chi connectivity index (χ4v) is 2.38. The van der Waals surface area contributed by atoms with Crippen LogP contribution in [0.3, 0.4) is 0 Å². The molecule has 0 radical (unpaired) electrons. The Kier molecular flexibility index (Phi) is 6.81. The van der Waals surface area contributed by atoms with E-state index >= 15 is 0 Å². The first-order valence-electron chi connectivity index (χ1n) is 8.54. The maximum Gasteiger partial charge on any atom is 0.416 e. The van der Waals surface area contributed by atoms with Crippen LogP contribution in [-0.4, -0.2) is 12.9 Å². The first-order chi connectivity index (χ1) is 13.4. The van der Waals surface area contributed by atoms with E-state index in [0.717, 1.165) is 6.07 Å². The summed E-state index contributed by atoms with van der Waals surface area (Å²) in [5, 5.41) is 0. The Hall–Kier alpha value is -2.71. The highest BCUT2D eigenvalue weighted by Gasteiger charge is 2.38. The molecule has 2 rings (SSSR count). The molecule has 0 saturated heterocycles. The molecule has 0 atom stereocenters. The smallest absolute Gasteiger partial charge is 0.416 e. The summed E-state index contributed by atoms with van der Waals surface area (Å²) in [7, 11) is 0. The van der Waals surface area contributed by atoms with Crippen molar-refractivity contribution in [3.63, 3.8) is 0 Å². The van der Waals surface area contributed by atoms with Crippen LogP contribution in [0.1, 0.15) is 40.9 Å². The number of hydrogen-bond donors (Lipinski definition) is 0. The molecule has 29 heavy (non-hydrogen) atoms. The van der Waals surface area contributed by atoms with Crippen molar-refractivity contribution >= 4 is 6.29 Å². The van der Waals surface area contributed by atoms with E-state index in [9.17, 15) is 31.1 Å². The monoisotopic (exact) mass is 420 g/mol. The van der Waals surface area contributed by atoms with Crippen LogP contribution in [0.15, 0.2) is 36.4 Å². The van der Waals surface area contributed by atoms with Crippen molar-refractivity contribution in [3.8, 4) is 11.5 Å². The second-order valence-corrected chi connectivity index (χ2v) is 6.68. The van der Waals surface area contributed by atoms with E-state index in [1.807, 2.05) is 13.8 Å². The molecule has 0 aliphatic rings. The van der Waals surface area contributed by atoms with E-state index in [1.165, 1.54) is 18.2 Å². The maximum atomic E-state index is 13.2. The zero-order valence-electron chi connectivity index (χ0n) is 15.5. The predicted molar refractivity (Wildman–Crippen MR) is 92.9 cm³/mol. The summed E-state index contributed by atoms with van der Waals surface area (Å²) in [5.41, 5.74) is -3.01. The van der Waals surface area contributed by atoms with Gasteiger partial charge in [0.2, 0.25) is 0 Å². The van der Waals surface area contributed by atoms with Crippen LogP contribution in [0.25, 0.3) is 0 Å². The van der Waals surface area contributed by atoms with Gasteiger partial charge < -0.3 is 9.47 Å². The molecule has 0 N–H and O–H groups in total. The van der Waals surface area contributed by atoms with Gasteiger partial charge in [-0.05, 0) is 36.2 Å². The van der Waals surface area contributed by atoms with Crippen LogP contribution >= 0.6 is 0 Å². The van der Waals surface area contributed by atoms with Gasteiger partial charge in [-0.15, -0.1) is 0 Å². The summed E-state index contributed by atoms with van der Waals surface area (Å²) in [6.45, 7) is 3.39. The summed E-state index contributed by atoms with van der Waals surface area (Å²) in [6, 6.07) is 5.49. The lowest BCUT2D eigenvalue weighted by molar-refractivity contribution is -0.143. The predicted octanol–water partition coefficient (Wildman–Crippen LogP) is 6.15. The van der Waals surface area contributed by atoms with Crippen molar-refractivity contribution in [2.45, 2.75) is 32.8 Å². The molecule has 0 aliphatic heterocycles. The minimum atomic E-state index is -4.99. The van der Waals surface area contributed by atoms with E-state index in [0.29, 0.717) is 12.4 Å². The third kappa shape index (κ3) is 6.13. The topological polar surface area (TPSA) is 35.5 Å². The van der Waals surface area contributed by atoms with Gasteiger partial charge in [-0.3, -0.25) is 4.79 Å². The highest BCUT2D eigenvalue weighted by molar-refractivity contribution is 5.76. The number of alkyl halides is 6. The number of hydrogen-bond acceptors (Lipinski definition) is 3. The second kappa shape index (κ2) is 8.75. The molecule has 0 aromatic heterocycles. The summed E-state index contributed by atoms with van der Waals surface area (Å²) in [6.07, 6.45) is -9.32. The van der Waals surface area contributed by atoms with E-state index in [1.54, 1.807) is 0 Å². The summed E-state index contributed by atoms with van der Waals surface area (Å²) < 4.78 is 89.0. The molecule has 0 aliphatic carbocycles. The molecule has 3 nitrogen and oxygen atoms in total. The van der Waals surface area contributed by atoms with E-state index in [-0.39, 0.29) is 35.7 Å². The van der Waals surface area contributed by atoms with Gasteiger partial charge in [-0.2, -0.15) is 26.3 Å². The summed E-state index contributed by atoms with van der Waals surface area (Å²) in [5.74, 6) is 0.363. The Labute approximate surface area is 163 Å². The van der Waals surface area contributed by atoms with Gasteiger partial charge in [0.25, 0.3) is 0 Å². The number of ether oxygens (including phenoxy) is 2. The molecule has 0 bridgehead atoms. The molecule has 0 heterocycles.